The highest BCUT2D eigenvalue weighted by molar-refractivity contribution is 5.97. The van der Waals surface area contributed by atoms with Crippen molar-refractivity contribution in [3.8, 4) is 0 Å². The number of rotatable bonds is 9. The lowest BCUT2D eigenvalue weighted by Gasteiger charge is -2.22. The van der Waals surface area contributed by atoms with Crippen LogP contribution in [-0.4, -0.2) is 42.3 Å². The van der Waals surface area contributed by atoms with E-state index in [-0.39, 0.29) is 23.8 Å². The molecule has 0 aliphatic rings. The van der Waals surface area contributed by atoms with Crippen molar-refractivity contribution in [3.05, 3.63) is 29.8 Å². The first kappa shape index (κ1) is 21.1. The molecular formula is C18H29N3O4. The normalized spacial score (nSPS) is 14.7. The average molecular weight is 351 g/mol. The van der Waals surface area contributed by atoms with E-state index in [0.29, 0.717) is 12.3 Å². The van der Waals surface area contributed by atoms with Crippen LogP contribution in [0.5, 0.6) is 0 Å². The monoisotopic (exact) mass is 351 g/mol. The Labute approximate surface area is 149 Å². The van der Waals surface area contributed by atoms with Gasteiger partial charge in [0.1, 0.15) is 6.04 Å². The minimum absolute atomic E-state index is 0.122. The van der Waals surface area contributed by atoms with E-state index in [9.17, 15) is 9.59 Å². The number of hydrogen-bond acceptors (Lipinski definition) is 5. The summed E-state index contributed by atoms with van der Waals surface area (Å²) in [5.74, 6) is -0.373. The molecule has 0 heterocycles. The Morgan fingerprint density at radius 2 is 1.68 bits per heavy atom. The maximum atomic E-state index is 12.2. The zero-order chi connectivity index (χ0) is 19.0. The highest BCUT2D eigenvalue weighted by Gasteiger charge is 2.23. The zero-order valence-electron chi connectivity index (χ0n) is 15.5. The molecule has 1 aromatic carbocycles. The first-order valence-corrected chi connectivity index (χ1v) is 8.41. The fourth-order valence-corrected chi connectivity index (χ4v) is 2.29. The molecule has 2 amide bonds. The Morgan fingerprint density at radius 1 is 1.08 bits per heavy atom. The number of aliphatic hydroxyl groups excluding tert-OH is 1. The van der Waals surface area contributed by atoms with Crippen molar-refractivity contribution in [1.82, 2.24) is 10.6 Å². The van der Waals surface area contributed by atoms with Gasteiger partial charge < -0.3 is 25.8 Å². The molecule has 0 saturated heterocycles. The van der Waals surface area contributed by atoms with Gasteiger partial charge in [-0.15, -0.1) is 0 Å². The third-order valence-corrected chi connectivity index (χ3v) is 3.72. The highest BCUT2D eigenvalue weighted by Crippen LogP contribution is 2.11. The molecule has 140 valence electrons. The summed E-state index contributed by atoms with van der Waals surface area (Å²) >= 11 is 0. The predicted molar refractivity (Wildman–Crippen MR) is 96.8 cm³/mol. The summed E-state index contributed by atoms with van der Waals surface area (Å²) in [6.45, 7) is 7.36. The van der Waals surface area contributed by atoms with Gasteiger partial charge in [-0.2, -0.15) is 0 Å². The number of aliphatic hydroxyl groups is 1. The largest absolute Gasteiger partial charge is 0.368 e. The van der Waals surface area contributed by atoms with Gasteiger partial charge in [0.05, 0.1) is 12.6 Å². The van der Waals surface area contributed by atoms with Crippen LogP contribution in [0.2, 0.25) is 0 Å². The Bertz CT molecular complexity index is 558. The van der Waals surface area contributed by atoms with Crippen LogP contribution >= 0.6 is 0 Å². The second-order valence-electron chi connectivity index (χ2n) is 6.34. The van der Waals surface area contributed by atoms with E-state index in [0.717, 1.165) is 5.56 Å². The molecule has 1 unspecified atom stereocenters. The highest BCUT2D eigenvalue weighted by atomic mass is 16.6. The summed E-state index contributed by atoms with van der Waals surface area (Å²) in [6, 6.07) is 6.10. The second-order valence-corrected chi connectivity index (χ2v) is 6.34. The second kappa shape index (κ2) is 10.1. The molecule has 1 aromatic rings. The van der Waals surface area contributed by atoms with Crippen molar-refractivity contribution < 1.29 is 19.4 Å². The van der Waals surface area contributed by atoms with Crippen molar-refractivity contribution in [2.75, 3.05) is 12.4 Å². The molecule has 0 aromatic heterocycles. The third-order valence-electron chi connectivity index (χ3n) is 3.72. The lowest BCUT2D eigenvalue weighted by atomic mass is 10.0. The minimum atomic E-state index is -0.823. The minimum Gasteiger partial charge on any atom is -0.368 e. The first-order chi connectivity index (χ1) is 11.7. The number of ether oxygens (including phenoxy) is 1. The predicted octanol–water partition coefficient (Wildman–Crippen LogP) is 1.23. The molecule has 25 heavy (non-hydrogen) atoms. The molecule has 0 radical (unpaired) electrons. The molecule has 1 rings (SSSR count). The molecule has 0 saturated carbocycles. The molecule has 0 fully saturated rings. The molecule has 0 spiro atoms. The standard InChI is InChI=1S/C18H29N3O4/c1-11(2)16(19-5)18(24)20-12(3)17(23)21-15-8-6-14(7-9-15)10-25-13(4)22/h6-9,11-13,16,19,22H,10H2,1-5H3,(H,20,24)(H,21,23)/t12-,13?,16-/m0/s1. The van der Waals surface area contributed by atoms with Crippen LogP contribution in [0.1, 0.15) is 33.3 Å². The summed E-state index contributed by atoms with van der Waals surface area (Å²) in [5.41, 5.74) is 1.51. The van der Waals surface area contributed by atoms with E-state index in [4.69, 9.17) is 9.84 Å². The molecule has 0 aliphatic heterocycles. The van der Waals surface area contributed by atoms with Gasteiger partial charge in [0.25, 0.3) is 0 Å². The fraction of sp³-hybridized carbons (Fsp3) is 0.556. The van der Waals surface area contributed by atoms with Crippen LogP contribution in [0, 0.1) is 5.92 Å². The molecule has 3 atom stereocenters. The lowest BCUT2D eigenvalue weighted by molar-refractivity contribution is -0.128. The van der Waals surface area contributed by atoms with Gasteiger partial charge in [0, 0.05) is 5.69 Å². The summed E-state index contributed by atoms with van der Waals surface area (Å²) in [6.07, 6.45) is -0.823. The van der Waals surface area contributed by atoms with Crippen LogP contribution in [0.15, 0.2) is 24.3 Å². The Balaban J connectivity index is 2.55. The molecule has 7 heteroatoms. The van der Waals surface area contributed by atoms with Crippen LogP contribution < -0.4 is 16.0 Å². The quantitative estimate of drug-likeness (QED) is 0.502. The topological polar surface area (TPSA) is 99.7 Å². The SMILES string of the molecule is CN[C@H](C(=O)N[C@@H](C)C(=O)Nc1ccc(COC(C)O)cc1)C(C)C. The van der Waals surface area contributed by atoms with E-state index in [1.165, 1.54) is 0 Å². The summed E-state index contributed by atoms with van der Waals surface area (Å²) in [7, 11) is 1.72. The number of nitrogens with one attached hydrogen (secondary N) is 3. The van der Waals surface area contributed by atoms with E-state index in [1.54, 1.807) is 45.2 Å². The molecule has 4 N–H and O–H groups in total. The first-order valence-electron chi connectivity index (χ1n) is 8.41. The van der Waals surface area contributed by atoms with Gasteiger partial charge in [-0.1, -0.05) is 26.0 Å². The number of likely N-dealkylation sites (N-methyl/N-ethyl adjacent to an activating group) is 1. The van der Waals surface area contributed by atoms with E-state index < -0.39 is 12.3 Å². The Hall–Kier alpha value is -1.96. The summed E-state index contributed by atoms with van der Waals surface area (Å²) in [4.78, 5) is 24.4. The van der Waals surface area contributed by atoms with Crippen molar-refractivity contribution in [2.45, 2.75) is 52.7 Å². The Kier molecular flexibility index (Phi) is 8.54. The number of carbonyl (C=O) groups excluding carboxylic acids is 2. The van der Waals surface area contributed by atoms with Gasteiger partial charge >= 0.3 is 0 Å². The smallest absolute Gasteiger partial charge is 0.246 e. The maximum Gasteiger partial charge on any atom is 0.246 e. The van der Waals surface area contributed by atoms with E-state index in [2.05, 4.69) is 16.0 Å². The van der Waals surface area contributed by atoms with Crippen LogP contribution in [0.25, 0.3) is 0 Å². The van der Waals surface area contributed by atoms with Gasteiger partial charge in [0.2, 0.25) is 11.8 Å². The number of hydrogen-bond donors (Lipinski definition) is 4. The average Bonchev–Trinajstić information content (AvgIpc) is 2.54. The van der Waals surface area contributed by atoms with Crippen molar-refractivity contribution in [1.29, 1.82) is 0 Å². The number of benzene rings is 1. The number of amides is 2. The summed E-state index contributed by atoms with van der Waals surface area (Å²) in [5, 5.41) is 17.5. The van der Waals surface area contributed by atoms with E-state index >= 15 is 0 Å². The van der Waals surface area contributed by atoms with Crippen molar-refractivity contribution in [2.24, 2.45) is 5.92 Å². The summed E-state index contributed by atoms with van der Waals surface area (Å²) < 4.78 is 5.10. The van der Waals surface area contributed by atoms with Crippen LogP contribution in [0.3, 0.4) is 0 Å². The lowest BCUT2D eigenvalue weighted by Crippen LogP contribution is -2.51. The number of carbonyl (C=O) groups is 2. The van der Waals surface area contributed by atoms with Crippen LogP contribution in [0.4, 0.5) is 5.69 Å². The van der Waals surface area contributed by atoms with Gasteiger partial charge in [0.15, 0.2) is 6.29 Å². The number of anilines is 1. The van der Waals surface area contributed by atoms with Gasteiger partial charge in [-0.25, -0.2) is 0 Å². The fourth-order valence-electron chi connectivity index (χ4n) is 2.29. The molecule has 0 bridgehead atoms. The van der Waals surface area contributed by atoms with E-state index in [1.807, 2.05) is 13.8 Å². The molecular weight excluding hydrogens is 322 g/mol. The Morgan fingerprint density at radius 3 is 2.16 bits per heavy atom. The van der Waals surface area contributed by atoms with Gasteiger partial charge in [-0.05, 0) is 44.5 Å². The molecule has 0 aliphatic carbocycles. The van der Waals surface area contributed by atoms with Crippen LogP contribution in [-0.2, 0) is 20.9 Å². The maximum absolute atomic E-state index is 12.2. The van der Waals surface area contributed by atoms with Crippen molar-refractivity contribution in [3.63, 3.8) is 0 Å². The third kappa shape index (κ3) is 7.21. The van der Waals surface area contributed by atoms with Gasteiger partial charge in [-0.3, -0.25) is 9.59 Å². The van der Waals surface area contributed by atoms with Crippen molar-refractivity contribution >= 4 is 17.5 Å². The zero-order valence-corrected chi connectivity index (χ0v) is 15.5. The molecule has 7 nitrogen and oxygen atoms in total.